The van der Waals surface area contributed by atoms with Crippen LogP contribution in [0.1, 0.15) is 52.5 Å². The Hall–Kier alpha value is -3.24. The Morgan fingerprint density at radius 1 is 1.27 bits per heavy atom. The number of nitrogens with one attached hydrogen (secondary N) is 1. The maximum Gasteiger partial charge on any atom is 0.407 e. The van der Waals surface area contributed by atoms with Gasteiger partial charge in [0.1, 0.15) is 34.7 Å². The second-order valence-corrected chi connectivity index (χ2v) is 10.8. The van der Waals surface area contributed by atoms with Gasteiger partial charge in [-0.3, -0.25) is 4.99 Å². The van der Waals surface area contributed by atoms with Gasteiger partial charge in [0, 0.05) is 37.2 Å². The van der Waals surface area contributed by atoms with Crippen LogP contribution in [0.5, 0.6) is 0 Å². The lowest BCUT2D eigenvalue weighted by atomic mass is 10.0. The van der Waals surface area contributed by atoms with E-state index in [0.717, 1.165) is 31.2 Å². The van der Waals surface area contributed by atoms with E-state index >= 15 is 8.78 Å². The summed E-state index contributed by atoms with van der Waals surface area (Å²) < 4.78 is 53.9. The Morgan fingerprint density at radius 3 is 2.51 bits per heavy atom. The smallest absolute Gasteiger partial charge is 0.407 e. The fourth-order valence-electron chi connectivity index (χ4n) is 4.47. The molecular weight excluding hydrogens is 491 g/mol. The first-order valence-electron chi connectivity index (χ1n) is 12.3. The summed E-state index contributed by atoms with van der Waals surface area (Å²) in [5.41, 5.74) is -1.98. The number of aliphatic hydroxyl groups excluding tert-OH is 1. The number of esters is 1. The molecule has 3 atom stereocenters. The van der Waals surface area contributed by atoms with Crippen LogP contribution < -0.4 is 10.2 Å². The molecule has 4 rings (SSSR count). The molecule has 1 aromatic rings. The van der Waals surface area contributed by atoms with Gasteiger partial charge in [-0.25, -0.2) is 22.8 Å². The molecule has 0 radical (unpaired) electrons. The average molecular weight is 524 g/mol. The van der Waals surface area contributed by atoms with E-state index in [4.69, 9.17) is 9.47 Å². The largest absolute Gasteiger partial charge is 0.506 e. The topological polar surface area (TPSA) is 100 Å². The van der Waals surface area contributed by atoms with Gasteiger partial charge < -0.3 is 24.8 Å². The fourth-order valence-corrected chi connectivity index (χ4v) is 4.47. The highest BCUT2D eigenvalue weighted by Crippen LogP contribution is 2.54. The number of benzene rings is 1. The molecule has 8 nitrogen and oxygen atoms in total. The van der Waals surface area contributed by atoms with Gasteiger partial charge in [0.05, 0.1) is 29.9 Å². The van der Waals surface area contributed by atoms with E-state index in [1.54, 1.807) is 32.6 Å². The van der Waals surface area contributed by atoms with Crippen LogP contribution in [0.4, 0.5) is 23.7 Å². The monoisotopic (exact) mass is 523 g/mol. The van der Waals surface area contributed by atoms with Crippen molar-refractivity contribution in [1.82, 2.24) is 5.32 Å². The maximum absolute atomic E-state index is 15.3. The second-order valence-electron chi connectivity index (χ2n) is 10.8. The summed E-state index contributed by atoms with van der Waals surface area (Å²) in [6, 6.07) is 0.807. The summed E-state index contributed by atoms with van der Waals surface area (Å²) in [6.45, 7) is 7.46. The normalized spacial score (nSPS) is 24.7. The molecule has 37 heavy (non-hydrogen) atoms. The minimum absolute atomic E-state index is 0.0242. The molecule has 2 N–H and O–H groups in total. The van der Waals surface area contributed by atoms with Crippen molar-refractivity contribution in [2.45, 2.75) is 70.8 Å². The van der Waals surface area contributed by atoms with Crippen molar-refractivity contribution in [3.63, 3.8) is 0 Å². The van der Waals surface area contributed by atoms with E-state index < -0.39 is 58.4 Å². The van der Waals surface area contributed by atoms with Crippen molar-refractivity contribution in [2.75, 3.05) is 24.6 Å². The summed E-state index contributed by atoms with van der Waals surface area (Å²) in [5, 5.41) is 13.5. The number of carbonyl (C=O) groups is 2. The summed E-state index contributed by atoms with van der Waals surface area (Å²) >= 11 is 0. The van der Waals surface area contributed by atoms with Crippen LogP contribution in [-0.2, 0) is 14.3 Å². The van der Waals surface area contributed by atoms with Gasteiger partial charge in [-0.2, -0.15) is 0 Å². The highest BCUT2D eigenvalue weighted by atomic mass is 19.1. The van der Waals surface area contributed by atoms with E-state index in [1.807, 2.05) is 0 Å². The first-order chi connectivity index (χ1) is 17.3. The fraction of sp³-hybridized carbons (Fsp3) is 0.577. The van der Waals surface area contributed by atoms with Crippen LogP contribution in [-0.4, -0.2) is 66.9 Å². The molecule has 1 spiro atoms. The molecule has 1 amide bonds. The number of ether oxygens (including phenoxy) is 2. The first-order valence-corrected chi connectivity index (χ1v) is 12.3. The number of hydrogen-bond acceptors (Lipinski definition) is 7. The Labute approximate surface area is 213 Å². The predicted molar refractivity (Wildman–Crippen MR) is 131 cm³/mol. The highest BCUT2D eigenvalue weighted by Gasteiger charge is 2.56. The standard InChI is InChI=1S/C26H32F3N3O5/c1-5-36-23(34)15(11-30-19-9-17(19)28)22(33)14-8-18(29)20(10-16(14)27)32-12-21(26(13-32)6-7-26)31-24(35)37-25(2,3)4/h8,10-11,17,19,21,33H,5-7,9,12-13H2,1-4H3,(H,31,35)/b22-15-,30-11?/t17-,19+,21+/m0/s1. The lowest BCUT2D eigenvalue weighted by Crippen LogP contribution is -2.44. The summed E-state index contributed by atoms with van der Waals surface area (Å²) in [7, 11) is 0. The maximum atomic E-state index is 15.3. The number of alkyl halides is 1. The Kier molecular flexibility index (Phi) is 7.18. The zero-order valence-corrected chi connectivity index (χ0v) is 21.3. The van der Waals surface area contributed by atoms with E-state index in [2.05, 4.69) is 10.3 Å². The van der Waals surface area contributed by atoms with Crippen LogP contribution >= 0.6 is 0 Å². The molecule has 1 aliphatic heterocycles. The van der Waals surface area contributed by atoms with E-state index in [0.29, 0.717) is 6.54 Å². The van der Waals surface area contributed by atoms with Crippen LogP contribution in [0.15, 0.2) is 22.7 Å². The van der Waals surface area contributed by atoms with Gasteiger partial charge in [0.25, 0.3) is 0 Å². The molecule has 0 aromatic heterocycles. The lowest BCUT2D eigenvalue weighted by molar-refractivity contribution is -0.137. The van der Waals surface area contributed by atoms with E-state index in [9.17, 15) is 19.1 Å². The van der Waals surface area contributed by atoms with Crippen molar-refractivity contribution in [3.05, 3.63) is 34.9 Å². The van der Waals surface area contributed by atoms with Gasteiger partial charge in [-0.1, -0.05) is 0 Å². The molecule has 11 heteroatoms. The van der Waals surface area contributed by atoms with Crippen molar-refractivity contribution in [1.29, 1.82) is 0 Å². The number of alkyl carbamates (subject to hydrolysis) is 1. The number of nitrogens with zero attached hydrogens (tertiary/aromatic N) is 2. The Balaban J connectivity index is 1.57. The highest BCUT2D eigenvalue weighted by molar-refractivity contribution is 6.15. The number of amides is 1. The molecule has 2 saturated carbocycles. The minimum atomic E-state index is -1.14. The third-order valence-electron chi connectivity index (χ3n) is 6.69. The first kappa shape index (κ1) is 26.8. The molecule has 0 bridgehead atoms. The van der Waals surface area contributed by atoms with E-state index in [1.165, 1.54) is 0 Å². The van der Waals surface area contributed by atoms with Crippen LogP contribution in [0, 0.1) is 17.0 Å². The molecule has 1 saturated heterocycles. The van der Waals surface area contributed by atoms with Gasteiger partial charge >= 0.3 is 12.1 Å². The zero-order chi connectivity index (χ0) is 27.1. The summed E-state index contributed by atoms with van der Waals surface area (Å²) in [6.07, 6.45) is 1.08. The molecule has 3 aliphatic rings. The van der Waals surface area contributed by atoms with Gasteiger partial charge in [0.15, 0.2) is 0 Å². The molecule has 1 heterocycles. The van der Waals surface area contributed by atoms with Gasteiger partial charge in [-0.15, -0.1) is 0 Å². The molecule has 2 aliphatic carbocycles. The molecular formula is C26H32F3N3O5. The van der Waals surface area contributed by atoms with Crippen molar-refractivity contribution in [2.24, 2.45) is 10.4 Å². The van der Waals surface area contributed by atoms with Gasteiger partial charge in [-0.05, 0) is 46.6 Å². The van der Waals surface area contributed by atoms with Gasteiger partial charge in [0.2, 0.25) is 0 Å². The number of aliphatic imine (C=N–C) groups is 1. The van der Waals surface area contributed by atoms with Crippen LogP contribution in [0.3, 0.4) is 0 Å². The molecule has 3 fully saturated rings. The number of anilines is 1. The zero-order valence-electron chi connectivity index (χ0n) is 21.3. The molecule has 1 aromatic carbocycles. The molecule has 0 unspecified atom stereocenters. The Morgan fingerprint density at radius 2 is 1.95 bits per heavy atom. The van der Waals surface area contributed by atoms with E-state index in [-0.39, 0.29) is 36.7 Å². The summed E-state index contributed by atoms with van der Waals surface area (Å²) in [5.74, 6) is -3.63. The third kappa shape index (κ3) is 6.02. The number of rotatable bonds is 7. The van der Waals surface area contributed by atoms with Crippen molar-refractivity contribution < 1.29 is 37.3 Å². The second kappa shape index (κ2) is 9.90. The quantitative estimate of drug-likeness (QED) is 0.237. The third-order valence-corrected chi connectivity index (χ3v) is 6.69. The number of halogens is 3. The van der Waals surface area contributed by atoms with Crippen LogP contribution in [0.2, 0.25) is 0 Å². The molecule has 202 valence electrons. The predicted octanol–water partition coefficient (Wildman–Crippen LogP) is 4.47. The number of hydrogen-bond donors (Lipinski definition) is 2. The lowest BCUT2D eigenvalue weighted by Gasteiger charge is -2.24. The minimum Gasteiger partial charge on any atom is -0.506 e. The number of aliphatic hydroxyl groups is 1. The number of carbonyl (C=O) groups excluding carboxylic acids is 2. The Bertz CT molecular complexity index is 1140. The summed E-state index contributed by atoms with van der Waals surface area (Å²) in [4.78, 5) is 30.2. The SMILES string of the molecule is CCOC(=O)/C(C=N[C@@H]1C[C@@H]1F)=C(\O)c1cc(F)c(N2C[C@@H](NC(=O)OC(C)(C)C)C3(CC3)C2)cc1F. The average Bonchev–Trinajstić information content (AvgIpc) is 3.68. The van der Waals surface area contributed by atoms with Crippen LogP contribution in [0.25, 0.3) is 5.76 Å². The van der Waals surface area contributed by atoms with Crippen molar-refractivity contribution >= 4 is 29.7 Å². The van der Waals surface area contributed by atoms with Crippen molar-refractivity contribution in [3.8, 4) is 0 Å².